The number of rotatable bonds is 5. The van der Waals surface area contributed by atoms with E-state index in [0.29, 0.717) is 29.1 Å². The molecule has 0 radical (unpaired) electrons. The second-order valence-electron chi connectivity index (χ2n) is 6.35. The highest BCUT2D eigenvalue weighted by Gasteiger charge is 2.37. The Balaban J connectivity index is 1.68. The SMILES string of the molecule is COC1=CC(=O)c2c(c(COc3ccc([N+](=O)[O-])cc3)c3n2CCC3)C1=O. The number of carbonyl (C=O) groups excluding carboxylic acids is 2. The van der Waals surface area contributed by atoms with Crippen LogP contribution >= 0.6 is 0 Å². The van der Waals surface area contributed by atoms with E-state index >= 15 is 0 Å². The van der Waals surface area contributed by atoms with Gasteiger partial charge in [-0.25, -0.2) is 0 Å². The van der Waals surface area contributed by atoms with Crippen molar-refractivity contribution in [2.24, 2.45) is 0 Å². The van der Waals surface area contributed by atoms with Gasteiger partial charge >= 0.3 is 0 Å². The smallest absolute Gasteiger partial charge is 0.269 e. The molecule has 27 heavy (non-hydrogen) atoms. The highest BCUT2D eigenvalue weighted by atomic mass is 16.6. The lowest BCUT2D eigenvalue weighted by atomic mass is 9.95. The van der Waals surface area contributed by atoms with Crippen LogP contribution in [-0.2, 0) is 24.3 Å². The Bertz CT molecular complexity index is 1000. The number of fused-ring (bicyclic) bond motifs is 3. The summed E-state index contributed by atoms with van der Waals surface area (Å²) in [6, 6.07) is 5.73. The minimum atomic E-state index is -0.482. The summed E-state index contributed by atoms with van der Waals surface area (Å²) in [5, 5.41) is 10.7. The molecule has 0 bridgehead atoms. The minimum absolute atomic E-state index is 0.0216. The van der Waals surface area contributed by atoms with Gasteiger partial charge in [-0.05, 0) is 25.0 Å². The van der Waals surface area contributed by atoms with Crippen molar-refractivity contribution in [3.63, 3.8) is 0 Å². The molecule has 0 unspecified atom stereocenters. The zero-order chi connectivity index (χ0) is 19.1. The summed E-state index contributed by atoms with van der Waals surface area (Å²) in [5.41, 5.74) is 2.32. The predicted octanol–water partition coefficient (Wildman–Crippen LogP) is 2.83. The van der Waals surface area contributed by atoms with Crippen LogP contribution < -0.4 is 4.74 Å². The predicted molar refractivity (Wildman–Crippen MR) is 93.9 cm³/mol. The van der Waals surface area contributed by atoms with Gasteiger partial charge in [-0.15, -0.1) is 0 Å². The number of nitrogens with zero attached hydrogens (tertiary/aromatic N) is 2. The number of aromatic nitrogens is 1. The quantitative estimate of drug-likeness (QED) is 0.594. The number of nitro groups is 1. The molecule has 0 saturated carbocycles. The van der Waals surface area contributed by atoms with Crippen LogP contribution in [0.5, 0.6) is 5.75 Å². The number of Topliss-reactive ketones (excluding diaryl/α,β-unsaturated/α-hetero) is 1. The van der Waals surface area contributed by atoms with Crippen LogP contribution in [0, 0.1) is 10.1 Å². The number of nitro benzene ring substituents is 1. The van der Waals surface area contributed by atoms with Crippen molar-refractivity contribution in [2.45, 2.75) is 26.0 Å². The Morgan fingerprint density at radius 2 is 1.96 bits per heavy atom. The maximum absolute atomic E-state index is 12.8. The average Bonchev–Trinajstić information content (AvgIpc) is 3.24. The van der Waals surface area contributed by atoms with Crippen molar-refractivity contribution < 1.29 is 24.0 Å². The molecular formula is C19H16N2O6. The Hall–Kier alpha value is -3.42. The van der Waals surface area contributed by atoms with E-state index in [1.165, 1.54) is 37.5 Å². The minimum Gasteiger partial charge on any atom is -0.492 e. The van der Waals surface area contributed by atoms with Crippen molar-refractivity contribution in [3.8, 4) is 5.75 Å². The van der Waals surface area contributed by atoms with E-state index in [0.717, 1.165) is 18.5 Å². The maximum atomic E-state index is 12.8. The Morgan fingerprint density at radius 1 is 1.22 bits per heavy atom. The molecule has 2 aliphatic rings. The number of ether oxygens (including phenoxy) is 2. The molecule has 0 amide bonds. The van der Waals surface area contributed by atoms with Crippen LogP contribution in [-0.4, -0.2) is 28.2 Å². The van der Waals surface area contributed by atoms with Gasteiger partial charge in [-0.3, -0.25) is 19.7 Å². The molecule has 0 spiro atoms. The molecule has 2 aromatic rings. The first kappa shape index (κ1) is 17.0. The number of benzene rings is 1. The Morgan fingerprint density at radius 3 is 2.63 bits per heavy atom. The summed E-state index contributed by atoms with van der Waals surface area (Å²) in [4.78, 5) is 35.5. The second-order valence-corrected chi connectivity index (χ2v) is 6.35. The molecule has 1 aliphatic carbocycles. The number of non-ortho nitro benzene ring substituents is 1. The average molecular weight is 368 g/mol. The topological polar surface area (TPSA) is 101 Å². The van der Waals surface area contributed by atoms with Gasteiger partial charge in [0.1, 0.15) is 18.1 Å². The van der Waals surface area contributed by atoms with E-state index in [9.17, 15) is 19.7 Å². The van der Waals surface area contributed by atoms with Gasteiger partial charge < -0.3 is 14.0 Å². The van der Waals surface area contributed by atoms with Gasteiger partial charge in [-0.1, -0.05) is 0 Å². The highest BCUT2D eigenvalue weighted by molar-refractivity contribution is 6.24. The fourth-order valence-corrected chi connectivity index (χ4v) is 3.66. The lowest BCUT2D eigenvalue weighted by molar-refractivity contribution is -0.384. The molecule has 2 heterocycles. The fraction of sp³-hybridized carbons (Fsp3) is 0.263. The maximum Gasteiger partial charge on any atom is 0.269 e. The lowest BCUT2D eigenvalue weighted by Gasteiger charge is -2.14. The second kappa shape index (κ2) is 6.39. The third kappa shape index (κ3) is 2.69. The van der Waals surface area contributed by atoms with E-state index in [2.05, 4.69) is 0 Å². The summed E-state index contributed by atoms with van der Waals surface area (Å²) >= 11 is 0. The molecule has 8 nitrogen and oxygen atoms in total. The molecule has 0 fully saturated rings. The summed E-state index contributed by atoms with van der Waals surface area (Å²) < 4.78 is 12.7. The van der Waals surface area contributed by atoms with Gasteiger partial charge in [0.15, 0.2) is 5.76 Å². The van der Waals surface area contributed by atoms with Gasteiger partial charge in [0.25, 0.3) is 5.69 Å². The summed E-state index contributed by atoms with van der Waals surface area (Å²) in [6.07, 6.45) is 2.89. The molecule has 0 atom stereocenters. The first-order chi connectivity index (χ1) is 13.0. The van der Waals surface area contributed by atoms with Crippen molar-refractivity contribution in [1.82, 2.24) is 4.57 Å². The molecule has 8 heteroatoms. The molecule has 1 aromatic heterocycles. The van der Waals surface area contributed by atoms with Crippen molar-refractivity contribution in [3.05, 3.63) is 68.7 Å². The van der Waals surface area contributed by atoms with Crippen molar-refractivity contribution >= 4 is 17.3 Å². The van der Waals surface area contributed by atoms with E-state index in [1.54, 1.807) is 0 Å². The third-order valence-electron chi connectivity index (χ3n) is 4.88. The lowest BCUT2D eigenvalue weighted by Crippen LogP contribution is -2.20. The number of methoxy groups -OCH3 is 1. The van der Waals surface area contributed by atoms with Crippen LogP contribution in [0.2, 0.25) is 0 Å². The molecule has 1 aromatic carbocycles. The molecule has 4 rings (SSSR count). The number of hydrogen-bond donors (Lipinski definition) is 0. The first-order valence-electron chi connectivity index (χ1n) is 8.47. The van der Waals surface area contributed by atoms with Crippen molar-refractivity contribution in [1.29, 1.82) is 0 Å². The standard InChI is InChI=1S/C19H16N2O6/c1-26-16-9-15(22)18-17(19(16)23)13(14-3-2-8-20(14)18)10-27-12-6-4-11(5-7-12)21(24)25/h4-7,9H,2-3,8,10H2,1H3. The van der Waals surface area contributed by atoms with Crippen LogP contribution in [0.1, 0.15) is 38.5 Å². The van der Waals surface area contributed by atoms with Gasteiger partial charge in [0.2, 0.25) is 11.6 Å². The molecule has 0 N–H and O–H groups in total. The number of allylic oxidation sites excluding steroid dienone is 2. The van der Waals surface area contributed by atoms with Crippen LogP contribution in [0.4, 0.5) is 5.69 Å². The van der Waals surface area contributed by atoms with Crippen LogP contribution in [0.15, 0.2) is 36.1 Å². The number of ketones is 2. The largest absolute Gasteiger partial charge is 0.492 e. The van der Waals surface area contributed by atoms with E-state index in [1.807, 2.05) is 4.57 Å². The molecule has 138 valence electrons. The summed E-state index contributed by atoms with van der Waals surface area (Å²) in [7, 11) is 1.36. The first-order valence-corrected chi connectivity index (χ1v) is 8.47. The molecule has 0 saturated heterocycles. The van der Waals surface area contributed by atoms with Crippen LogP contribution in [0.3, 0.4) is 0 Å². The van der Waals surface area contributed by atoms with Gasteiger partial charge in [-0.2, -0.15) is 0 Å². The summed E-state index contributed by atoms with van der Waals surface area (Å²) in [6.45, 7) is 0.781. The summed E-state index contributed by atoms with van der Waals surface area (Å²) in [5.74, 6) is -0.0970. The zero-order valence-electron chi connectivity index (χ0n) is 14.6. The van der Waals surface area contributed by atoms with E-state index in [4.69, 9.17) is 9.47 Å². The van der Waals surface area contributed by atoms with Crippen LogP contribution in [0.25, 0.3) is 0 Å². The normalized spacial score (nSPS) is 15.2. The van der Waals surface area contributed by atoms with E-state index in [-0.39, 0.29) is 29.6 Å². The number of hydrogen-bond acceptors (Lipinski definition) is 6. The fourth-order valence-electron chi connectivity index (χ4n) is 3.66. The zero-order valence-corrected chi connectivity index (χ0v) is 14.6. The Kier molecular flexibility index (Phi) is 4.02. The van der Waals surface area contributed by atoms with Gasteiger partial charge in [0.05, 0.1) is 17.6 Å². The van der Waals surface area contributed by atoms with Gasteiger partial charge in [0, 0.05) is 36.0 Å². The number of carbonyl (C=O) groups is 2. The van der Waals surface area contributed by atoms with Crippen molar-refractivity contribution in [2.75, 3.05) is 7.11 Å². The molecule has 1 aliphatic heterocycles. The van der Waals surface area contributed by atoms with E-state index < -0.39 is 4.92 Å². The highest BCUT2D eigenvalue weighted by Crippen LogP contribution is 2.35. The third-order valence-corrected chi connectivity index (χ3v) is 4.88. The molecular weight excluding hydrogens is 352 g/mol. The monoisotopic (exact) mass is 368 g/mol. The Labute approximate surface area is 154 Å².